The lowest BCUT2D eigenvalue weighted by Gasteiger charge is -2.31. The van der Waals surface area contributed by atoms with Crippen LogP contribution in [0.4, 0.5) is 0 Å². The molecule has 3 aromatic rings. The Balaban J connectivity index is 1.99. The number of benzene rings is 2. The normalized spacial score (nSPS) is 12.3. The molecule has 0 aliphatic heterocycles. The van der Waals surface area contributed by atoms with Gasteiger partial charge in [-0.3, -0.25) is 14.2 Å². The fourth-order valence-electron chi connectivity index (χ4n) is 4.63. The number of fused-ring (bicyclic) bond motifs is 1. The zero-order valence-electron chi connectivity index (χ0n) is 22.7. The molecule has 6 heteroatoms. The lowest BCUT2D eigenvalue weighted by Crippen LogP contribution is -2.40. The van der Waals surface area contributed by atoms with Gasteiger partial charge in [-0.15, -0.1) is 0 Å². The number of para-hydroxylation sites is 1. The SMILES string of the molecule is CCCCCCCCC(=O)N(CCN(C)C)C(C)c1nc2ccccc2c(=O)n1-c1cccc(C)c1. The fraction of sp³-hybridized carbons (Fsp3) is 0.500. The molecule has 0 radical (unpaired) electrons. The molecule has 0 spiro atoms. The molecule has 3 rings (SSSR count). The summed E-state index contributed by atoms with van der Waals surface area (Å²) in [5, 5.41) is 0.577. The molecule has 1 aromatic heterocycles. The van der Waals surface area contributed by atoms with Crippen LogP contribution in [0.1, 0.15) is 76.2 Å². The Labute approximate surface area is 216 Å². The summed E-state index contributed by atoms with van der Waals surface area (Å²) in [6.45, 7) is 7.55. The van der Waals surface area contributed by atoms with Gasteiger partial charge in [0.05, 0.1) is 22.6 Å². The number of rotatable bonds is 13. The van der Waals surface area contributed by atoms with E-state index in [-0.39, 0.29) is 17.5 Å². The van der Waals surface area contributed by atoms with E-state index in [1.54, 1.807) is 4.57 Å². The summed E-state index contributed by atoms with van der Waals surface area (Å²) >= 11 is 0. The summed E-state index contributed by atoms with van der Waals surface area (Å²) in [4.78, 5) is 36.2. The highest BCUT2D eigenvalue weighted by atomic mass is 16.2. The van der Waals surface area contributed by atoms with Crippen LogP contribution in [0.3, 0.4) is 0 Å². The first kappa shape index (κ1) is 27.6. The van der Waals surface area contributed by atoms with Crippen LogP contribution in [0, 0.1) is 6.92 Å². The molecule has 0 fully saturated rings. The standard InChI is InChI=1S/C30H42N4O2/c1-6-7-8-9-10-11-19-28(35)33(21-20-32(4)5)24(3)29-31-27-18-13-12-17-26(27)30(36)34(29)25-16-14-15-23(2)22-25/h12-18,22,24H,6-11,19-21H2,1-5H3. The third-order valence-electron chi connectivity index (χ3n) is 6.76. The van der Waals surface area contributed by atoms with Crippen molar-refractivity contribution in [3.63, 3.8) is 0 Å². The third-order valence-corrected chi connectivity index (χ3v) is 6.76. The summed E-state index contributed by atoms with van der Waals surface area (Å²) in [6, 6.07) is 15.0. The molecule has 1 atom stereocenters. The smallest absolute Gasteiger partial charge is 0.266 e. The molecule has 0 N–H and O–H groups in total. The van der Waals surface area contributed by atoms with Crippen LogP contribution in [-0.4, -0.2) is 52.4 Å². The van der Waals surface area contributed by atoms with Gasteiger partial charge < -0.3 is 9.80 Å². The van der Waals surface area contributed by atoms with E-state index in [9.17, 15) is 9.59 Å². The number of aryl methyl sites for hydroxylation is 1. The van der Waals surface area contributed by atoms with Gasteiger partial charge in [0.2, 0.25) is 5.91 Å². The van der Waals surface area contributed by atoms with Crippen LogP contribution in [0.25, 0.3) is 16.6 Å². The van der Waals surface area contributed by atoms with Crippen molar-refractivity contribution < 1.29 is 4.79 Å². The maximum atomic E-state index is 13.7. The number of unbranched alkanes of at least 4 members (excludes halogenated alkanes) is 5. The highest BCUT2D eigenvalue weighted by Gasteiger charge is 2.26. The first-order valence-electron chi connectivity index (χ1n) is 13.4. The van der Waals surface area contributed by atoms with Crippen LogP contribution < -0.4 is 5.56 Å². The summed E-state index contributed by atoms with van der Waals surface area (Å²) < 4.78 is 1.70. The van der Waals surface area contributed by atoms with E-state index in [0.29, 0.717) is 29.7 Å². The van der Waals surface area contributed by atoms with Gasteiger partial charge in [0.15, 0.2) is 0 Å². The monoisotopic (exact) mass is 490 g/mol. The summed E-state index contributed by atoms with van der Waals surface area (Å²) in [7, 11) is 4.02. The number of carbonyl (C=O) groups excluding carboxylic acids is 1. The highest BCUT2D eigenvalue weighted by molar-refractivity contribution is 5.79. The molecular formula is C30H42N4O2. The predicted molar refractivity (Wildman–Crippen MR) is 149 cm³/mol. The van der Waals surface area contributed by atoms with E-state index in [2.05, 4.69) is 11.8 Å². The summed E-state index contributed by atoms with van der Waals surface area (Å²) in [6.07, 6.45) is 7.36. The molecule has 0 aliphatic rings. The number of carbonyl (C=O) groups is 1. The van der Waals surface area contributed by atoms with E-state index in [0.717, 1.165) is 30.6 Å². The molecule has 2 aromatic carbocycles. The van der Waals surface area contributed by atoms with Crippen LogP contribution >= 0.6 is 0 Å². The molecule has 36 heavy (non-hydrogen) atoms. The molecular weight excluding hydrogens is 448 g/mol. The Morgan fingerprint density at radius 1 is 0.972 bits per heavy atom. The molecule has 6 nitrogen and oxygen atoms in total. The quantitative estimate of drug-likeness (QED) is 0.280. The van der Waals surface area contributed by atoms with Gasteiger partial charge >= 0.3 is 0 Å². The largest absolute Gasteiger partial charge is 0.331 e. The molecule has 1 unspecified atom stereocenters. The van der Waals surface area contributed by atoms with Crippen molar-refractivity contribution in [3.05, 3.63) is 70.3 Å². The maximum Gasteiger partial charge on any atom is 0.266 e. The molecule has 0 bridgehead atoms. The maximum absolute atomic E-state index is 13.7. The van der Waals surface area contributed by atoms with Crippen LogP contribution in [0.5, 0.6) is 0 Å². The first-order chi connectivity index (χ1) is 17.3. The number of amides is 1. The zero-order valence-corrected chi connectivity index (χ0v) is 22.7. The Morgan fingerprint density at radius 2 is 1.69 bits per heavy atom. The van der Waals surface area contributed by atoms with E-state index in [4.69, 9.17) is 4.98 Å². The van der Waals surface area contributed by atoms with Gasteiger partial charge in [0.1, 0.15) is 5.82 Å². The van der Waals surface area contributed by atoms with Crippen molar-refractivity contribution in [2.45, 2.75) is 71.8 Å². The Hall–Kier alpha value is -2.99. The Bertz CT molecular complexity index is 1200. The van der Waals surface area contributed by atoms with Gasteiger partial charge in [-0.1, -0.05) is 63.3 Å². The van der Waals surface area contributed by atoms with Gasteiger partial charge in [-0.25, -0.2) is 4.98 Å². The van der Waals surface area contributed by atoms with Crippen molar-refractivity contribution in [2.24, 2.45) is 0 Å². The molecule has 0 aliphatic carbocycles. The van der Waals surface area contributed by atoms with Crippen LogP contribution in [-0.2, 0) is 4.79 Å². The fourth-order valence-corrected chi connectivity index (χ4v) is 4.63. The second-order valence-electron chi connectivity index (χ2n) is 10.1. The van der Waals surface area contributed by atoms with Crippen molar-refractivity contribution >= 4 is 16.8 Å². The average molecular weight is 491 g/mol. The zero-order chi connectivity index (χ0) is 26.1. The minimum Gasteiger partial charge on any atom is -0.331 e. The van der Waals surface area contributed by atoms with Gasteiger partial charge in [-0.05, 0) is 64.2 Å². The van der Waals surface area contributed by atoms with Crippen molar-refractivity contribution in [1.29, 1.82) is 0 Å². The second-order valence-corrected chi connectivity index (χ2v) is 10.1. The second kappa shape index (κ2) is 13.4. The van der Waals surface area contributed by atoms with Crippen molar-refractivity contribution in [3.8, 4) is 5.69 Å². The van der Waals surface area contributed by atoms with Crippen molar-refractivity contribution in [2.75, 3.05) is 27.2 Å². The van der Waals surface area contributed by atoms with E-state index in [1.165, 1.54) is 25.7 Å². The van der Waals surface area contributed by atoms with Gasteiger partial charge in [0, 0.05) is 19.5 Å². The van der Waals surface area contributed by atoms with Crippen LogP contribution in [0.2, 0.25) is 0 Å². The minimum atomic E-state index is -0.352. The lowest BCUT2D eigenvalue weighted by molar-refractivity contribution is -0.133. The number of likely N-dealkylation sites (N-methyl/N-ethyl adjacent to an activating group) is 1. The lowest BCUT2D eigenvalue weighted by atomic mass is 10.1. The van der Waals surface area contributed by atoms with Gasteiger partial charge in [-0.2, -0.15) is 0 Å². The first-order valence-corrected chi connectivity index (χ1v) is 13.4. The van der Waals surface area contributed by atoms with Crippen molar-refractivity contribution in [1.82, 2.24) is 19.4 Å². The molecule has 194 valence electrons. The Kier molecular flexibility index (Phi) is 10.2. The topological polar surface area (TPSA) is 58.4 Å². The van der Waals surface area contributed by atoms with E-state index < -0.39 is 0 Å². The highest BCUT2D eigenvalue weighted by Crippen LogP contribution is 2.24. The molecule has 0 saturated carbocycles. The molecule has 1 heterocycles. The number of nitrogens with zero attached hydrogens (tertiary/aromatic N) is 4. The summed E-state index contributed by atoms with van der Waals surface area (Å²) in [5.41, 5.74) is 2.39. The summed E-state index contributed by atoms with van der Waals surface area (Å²) in [5.74, 6) is 0.720. The predicted octanol–water partition coefficient (Wildman–Crippen LogP) is 5.90. The van der Waals surface area contributed by atoms with E-state index in [1.807, 2.05) is 81.4 Å². The number of aromatic nitrogens is 2. The number of hydrogen-bond donors (Lipinski definition) is 0. The van der Waals surface area contributed by atoms with Crippen LogP contribution in [0.15, 0.2) is 53.3 Å². The van der Waals surface area contributed by atoms with E-state index >= 15 is 0 Å². The average Bonchev–Trinajstić information content (AvgIpc) is 2.86. The number of hydrogen-bond acceptors (Lipinski definition) is 4. The third kappa shape index (κ3) is 7.03. The molecule has 0 saturated heterocycles. The Morgan fingerprint density at radius 3 is 2.42 bits per heavy atom. The van der Waals surface area contributed by atoms with Gasteiger partial charge in [0.25, 0.3) is 5.56 Å². The molecule has 1 amide bonds. The minimum absolute atomic E-state index is 0.107.